The number of carbonyl (C=O) groups is 3. The highest BCUT2D eigenvalue weighted by Crippen LogP contribution is 2.34. The Morgan fingerprint density at radius 2 is 2.00 bits per heavy atom. The van der Waals surface area contributed by atoms with Gasteiger partial charge in [-0.1, -0.05) is 41.6 Å². The van der Waals surface area contributed by atoms with Crippen molar-refractivity contribution in [3.05, 3.63) is 75.4 Å². The monoisotopic (exact) mass is 567 g/mol. The number of amides is 3. The zero-order chi connectivity index (χ0) is 26.6. The molecule has 5 rings (SSSR count). The molecule has 9 nitrogen and oxygen atoms in total. The fraction of sp³-hybridized carbons (Fsp3) is 0.192. The number of methoxy groups -OCH3 is 1. The van der Waals surface area contributed by atoms with Crippen molar-refractivity contribution in [1.82, 2.24) is 10.2 Å². The number of aliphatic imine (C=N–C) groups is 2. The second-order valence-electron chi connectivity index (χ2n) is 8.30. The van der Waals surface area contributed by atoms with E-state index in [0.717, 1.165) is 16.6 Å². The predicted octanol–water partition coefficient (Wildman–Crippen LogP) is 4.45. The minimum Gasteiger partial charge on any atom is -0.495 e. The summed E-state index contributed by atoms with van der Waals surface area (Å²) in [5.41, 5.74) is 1.77. The number of hydrogen-bond donors (Lipinski definition) is 2. The summed E-state index contributed by atoms with van der Waals surface area (Å²) >= 11 is 8.71. The Bertz CT molecular complexity index is 1460. The Hall–Kier alpha value is -3.67. The fourth-order valence-electron chi connectivity index (χ4n) is 3.97. The molecule has 38 heavy (non-hydrogen) atoms. The fourth-order valence-corrected chi connectivity index (χ4v) is 5.59. The van der Waals surface area contributed by atoms with Gasteiger partial charge in [0.25, 0.3) is 5.91 Å². The molecule has 1 aromatic heterocycles. The molecule has 2 aliphatic rings. The van der Waals surface area contributed by atoms with Gasteiger partial charge in [0, 0.05) is 15.5 Å². The lowest BCUT2D eigenvalue weighted by molar-refractivity contribution is -0.128. The average molecular weight is 568 g/mol. The molecule has 0 saturated carbocycles. The SMILES string of the molecule is COc1ccc(Cl)cc1NC(=O)CSC1=Nc2ccccc2C2=N[C@H](CC(=O)NCc3cccs3)C(=O)N12. The summed E-state index contributed by atoms with van der Waals surface area (Å²) in [6.07, 6.45) is -0.0840. The number of nitrogens with one attached hydrogen (secondary N) is 2. The van der Waals surface area contributed by atoms with Crippen molar-refractivity contribution in [2.75, 3.05) is 18.2 Å². The van der Waals surface area contributed by atoms with Gasteiger partial charge in [-0.3, -0.25) is 19.4 Å². The van der Waals surface area contributed by atoms with Gasteiger partial charge in [-0.25, -0.2) is 9.89 Å². The Morgan fingerprint density at radius 3 is 2.79 bits per heavy atom. The number of fused-ring (bicyclic) bond motifs is 3. The molecular formula is C26H22ClN5O4S2. The smallest absolute Gasteiger partial charge is 0.259 e. The van der Waals surface area contributed by atoms with E-state index in [-0.39, 0.29) is 29.9 Å². The first-order chi connectivity index (χ1) is 18.4. The highest BCUT2D eigenvalue weighted by Gasteiger charge is 2.42. The lowest BCUT2D eigenvalue weighted by atomic mass is 10.1. The third-order valence-electron chi connectivity index (χ3n) is 5.73. The Morgan fingerprint density at radius 1 is 1.16 bits per heavy atom. The van der Waals surface area contributed by atoms with Crippen LogP contribution in [0, 0.1) is 0 Å². The minimum absolute atomic E-state index is 0.0281. The largest absolute Gasteiger partial charge is 0.495 e. The molecule has 2 N–H and O–H groups in total. The first-order valence-electron chi connectivity index (χ1n) is 11.6. The molecule has 0 aliphatic carbocycles. The number of nitrogens with zero attached hydrogens (tertiary/aromatic N) is 3. The van der Waals surface area contributed by atoms with Gasteiger partial charge < -0.3 is 15.4 Å². The van der Waals surface area contributed by atoms with Crippen LogP contribution in [0.15, 0.2) is 70.0 Å². The van der Waals surface area contributed by atoms with E-state index in [9.17, 15) is 14.4 Å². The Kier molecular flexibility index (Phi) is 7.77. The maximum absolute atomic E-state index is 13.4. The van der Waals surface area contributed by atoms with E-state index in [0.29, 0.717) is 45.3 Å². The van der Waals surface area contributed by atoms with E-state index in [1.165, 1.54) is 12.0 Å². The molecule has 3 amide bonds. The van der Waals surface area contributed by atoms with E-state index in [2.05, 4.69) is 20.6 Å². The van der Waals surface area contributed by atoms with Crippen LogP contribution < -0.4 is 15.4 Å². The van der Waals surface area contributed by atoms with E-state index in [4.69, 9.17) is 16.3 Å². The van der Waals surface area contributed by atoms with Crippen molar-refractivity contribution in [2.45, 2.75) is 19.0 Å². The maximum atomic E-state index is 13.4. The Labute approximate surface area is 231 Å². The van der Waals surface area contributed by atoms with Gasteiger partial charge in [0.1, 0.15) is 17.6 Å². The first-order valence-corrected chi connectivity index (χ1v) is 13.8. The number of amidine groups is 2. The molecule has 0 bridgehead atoms. The molecule has 0 unspecified atom stereocenters. The van der Waals surface area contributed by atoms with E-state index >= 15 is 0 Å². The van der Waals surface area contributed by atoms with Gasteiger partial charge in [0.05, 0.1) is 37.2 Å². The molecule has 2 aromatic carbocycles. The van der Waals surface area contributed by atoms with Crippen LogP contribution in [0.4, 0.5) is 11.4 Å². The number of para-hydroxylation sites is 1. The van der Waals surface area contributed by atoms with E-state index in [1.54, 1.807) is 29.5 Å². The van der Waals surface area contributed by atoms with Gasteiger partial charge in [-0.15, -0.1) is 11.3 Å². The Balaban J connectivity index is 1.30. The number of benzene rings is 2. The maximum Gasteiger partial charge on any atom is 0.259 e. The normalized spacial score (nSPS) is 15.8. The summed E-state index contributed by atoms with van der Waals surface area (Å²) in [5.74, 6) is -0.0808. The number of ether oxygens (including phenoxy) is 1. The summed E-state index contributed by atoms with van der Waals surface area (Å²) in [7, 11) is 1.50. The first kappa shape index (κ1) is 26.0. The number of rotatable bonds is 8. The molecule has 12 heteroatoms. The molecule has 3 aromatic rings. The van der Waals surface area contributed by atoms with Crippen LogP contribution >= 0.6 is 34.7 Å². The van der Waals surface area contributed by atoms with Crippen molar-refractivity contribution in [2.24, 2.45) is 9.98 Å². The van der Waals surface area contributed by atoms with Crippen LogP contribution in [0.3, 0.4) is 0 Å². The number of anilines is 1. The van der Waals surface area contributed by atoms with Crippen molar-refractivity contribution < 1.29 is 19.1 Å². The highest BCUT2D eigenvalue weighted by molar-refractivity contribution is 8.14. The van der Waals surface area contributed by atoms with Crippen LogP contribution in [0.25, 0.3) is 0 Å². The average Bonchev–Trinajstić information content (AvgIpc) is 3.55. The van der Waals surface area contributed by atoms with Crippen LogP contribution in [0.2, 0.25) is 5.02 Å². The van der Waals surface area contributed by atoms with Gasteiger partial charge >= 0.3 is 0 Å². The zero-order valence-electron chi connectivity index (χ0n) is 20.1. The molecule has 2 aliphatic heterocycles. The molecule has 3 heterocycles. The molecule has 0 saturated heterocycles. The highest BCUT2D eigenvalue weighted by atomic mass is 35.5. The van der Waals surface area contributed by atoms with Crippen LogP contribution in [-0.2, 0) is 20.9 Å². The molecule has 1 atom stereocenters. The summed E-state index contributed by atoms with van der Waals surface area (Å²) in [6.45, 7) is 0.398. The molecule has 0 fully saturated rings. The third-order valence-corrected chi connectivity index (χ3v) is 7.78. The van der Waals surface area contributed by atoms with Gasteiger partial charge in [0.2, 0.25) is 11.8 Å². The topological polar surface area (TPSA) is 112 Å². The molecular weight excluding hydrogens is 546 g/mol. The van der Waals surface area contributed by atoms with Gasteiger partial charge in [-0.2, -0.15) is 0 Å². The van der Waals surface area contributed by atoms with Crippen LogP contribution in [-0.4, -0.2) is 52.5 Å². The quantitative estimate of drug-likeness (QED) is 0.418. The summed E-state index contributed by atoms with van der Waals surface area (Å²) in [4.78, 5) is 50.4. The van der Waals surface area contributed by atoms with Crippen LogP contribution in [0.1, 0.15) is 16.9 Å². The van der Waals surface area contributed by atoms with Gasteiger partial charge in [-0.05, 0) is 41.8 Å². The standard InChI is InChI=1S/C26H22ClN5O4S2/c1-36-21-9-8-15(27)11-19(21)29-23(34)14-38-26-31-18-7-3-2-6-17(18)24-30-20(25(35)32(24)26)12-22(33)28-13-16-5-4-10-37-16/h2-11,20H,12-14H2,1H3,(H,28,33)(H,29,34)/t20-/m1/s1. The lowest BCUT2D eigenvalue weighted by Gasteiger charge is -2.25. The van der Waals surface area contributed by atoms with Crippen molar-refractivity contribution in [3.63, 3.8) is 0 Å². The molecule has 194 valence electrons. The number of thioether (sulfide) groups is 1. The van der Waals surface area contributed by atoms with Gasteiger partial charge in [0.15, 0.2) is 5.17 Å². The zero-order valence-corrected chi connectivity index (χ0v) is 22.5. The summed E-state index contributed by atoms with van der Waals surface area (Å²) in [6, 6.07) is 15.2. The third kappa shape index (κ3) is 5.59. The molecule has 0 radical (unpaired) electrons. The lowest BCUT2D eigenvalue weighted by Crippen LogP contribution is -2.42. The second kappa shape index (κ2) is 11.4. The predicted molar refractivity (Wildman–Crippen MR) is 151 cm³/mol. The number of thiophene rings is 1. The minimum atomic E-state index is -0.880. The van der Waals surface area contributed by atoms with Crippen molar-refractivity contribution in [3.8, 4) is 5.75 Å². The number of carbonyl (C=O) groups excluding carboxylic acids is 3. The van der Waals surface area contributed by atoms with Crippen molar-refractivity contribution in [1.29, 1.82) is 0 Å². The number of hydrogen-bond acceptors (Lipinski definition) is 8. The van der Waals surface area contributed by atoms with Crippen molar-refractivity contribution >= 4 is 74.8 Å². The molecule has 0 spiro atoms. The number of halogens is 1. The van der Waals surface area contributed by atoms with Crippen LogP contribution in [0.5, 0.6) is 5.75 Å². The van der Waals surface area contributed by atoms with E-state index < -0.39 is 6.04 Å². The van der Waals surface area contributed by atoms with E-state index in [1.807, 2.05) is 41.8 Å². The summed E-state index contributed by atoms with van der Waals surface area (Å²) < 4.78 is 5.28. The second-order valence-corrected chi connectivity index (χ2v) is 10.7. The summed E-state index contributed by atoms with van der Waals surface area (Å²) in [5, 5.41) is 8.34.